The smallest absolute Gasteiger partial charge is 0.00141 e. The molecule has 0 aliphatic carbocycles. The molecule has 0 rings (SSSR count). The summed E-state index contributed by atoms with van der Waals surface area (Å²) in [7, 11) is 0. The van der Waals surface area contributed by atoms with Crippen molar-refractivity contribution >= 4 is 0 Å². The van der Waals surface area contributed by atoms with Gasteiger partial charge < -0.3 is 5.32 Å². The molecular weight excluding hydrogens is 158 g/mol. The van der Waals surface area contributed by atoms with E-state index in [9.17, 15) is 0 Å². The van der Waals surface area contributed by atoms with E-state index in [0.29, 0.717) is 0 Å². The summed E-state index contributed by atoms with van der Waals surface area (Å²) in [6.07, 6.45) is 9.19. The van der Waals surface area contributed by atoms with Crippen molar-refractivity contribution in [2.45, 2.75) is 39.5 Å². The Labute approximate surface area is 82.9 Å². The lowest BCUT2D eigenvalue weighted by atomic mass is 10.2. The largest absolute Gasteiger partial charge is 0.316 e. The quantitative estimate of drug-likeness (QED) is 0.447. The molecule has 0 aliphatic rings. The Morgan fingerprint density at radius 1 is 1.31 bits per heavy atom. The van der Waals surface area contributed by atoms with Gasteiger partial charge in [0.15, 0.2) is 0 Å². The maximum Gasteiger partial charge on any atom is -0.00141 e. The fourth-order valence-electron chi connectivity index (χ4n) is 1.11. The van der Waals surface area contributed by atoms with Crippen LogP contribution in [0.4, 0.5) is 0 Å². The maximum atomic E-state index is 3.71. The lowest BCUT2D eigenvalue weighted by molar-refractivity contribution is 0.620. The van der Waals surface area contributed by atoms with Crippen LogP contribution in [0, 0.1) is 0 Å². The number of nitrogens with one attached hydrogen (secondary N) is 1. The first kappa shape index (κ1) is 12.4. The lowest BCUT2D eigenvalue weighted by Gasteiger charge is -2.01. The van der Waals surface area contributed by atoms with E-state index in [0.717, 1.165) is 19.5 Å². The van der Waals surface area contributed by atoms with Crippen LogP contribution in [0.3, 0.4) is 0 Å². The third kappa shape index (κ3) is 9.35. The van der Waals surface area contributed by atoms with Crippen LogP contribution in [-0.2, 0) is 0 Å². The Kier molecular flexibility index (Phi) is 9.12. The minimum Gasteiger partial charge on any atom is -0.316 e. The number of hydrogen-bond acceptors (Lipinski definition) is 1. The molecule has 1 nitrogen and oxygen atoms in total. The number of hydrogen-bond donors (Lipinski definition) is 1. The first-order valence-corrected chi connectivity index (χ1v) is 5.31. The molecule has 1 heteroatoms. The zero-order chi connectivity index (χ0) is 9.94. The second kappa shape index (κ2) is 9.53. The summed E-state index contributed by atoms with van der Waals surface area (Å²) in [5.41, 5.74) is 1.27. The fourth-order valence-corrected chi connectivity index (χ4v) is 1.11. The zero-order valence-electron chi connectivity index (χ0n) is 9.10. The van der Waals surface area contributed by atoms with Crippen LogP contribution in [0.1, 0.15) is 39.5 Å². The Balaban J connectivity index is 3.12. The predicted octanol–water partition coefficient (Wildman–Crippen LogP) is 3.29. The highest BCUT2D eigenvalue weighted by Crippen LogP contribution is 1.95. The summed E-state index contributed by atoms with van der Waals surface area (Å²) in [5.74, 6) is 0. The van der Waals surface area contributed by atoms with E-state index in [1.807, 2.05) is 6.08 Å². The fraction of sp³-hybridized carbons (Fsp3) is 0.667. The van der Waals surface area contributed by atoms with Crippen molar-refractivity contribution in [3.05, 3.63) is 24.3 Å². The van der Waals surface area contributed by atoms with Gasteiger partial charge >= 0.3 is 0 Å². The monoisotopic (exact) mass is 181 g/mol. The van der Waals surface area contributed by atoms with E-state index in [1.54, 1.807) is 0 Å². The molecule has 0 amide bonds. The van der Waals surface area contributed by atoms with E-state index >= 15 is 0 Å². The highest BCUT2D eigenvalue weighted by Gasteiger charge is 1.86. The van der Waals surface area contributed by atoms with Crippen LogP contribution >= 0.6 is 0 Å². The van der Waals surface area contributed by atoms with Gasteiger partial charge in [-0.25, -0.2) is 0 Å². The van der Waals surface area contributed by atoms with Gasteiger partial charge in [-0.05, 0) is 32.9 Å². The molecule has 1 N–H and O–H groups in total. The van der Waals surface area contributed by atoms with Gasteiger partial charge in [0, 0.05) is 0 Å². The molecule has 0 atom stereocenters. The molecule has 0 aliphatic heterocycles. The standard InChI is InChI=1S/C12H23N/c1-4-6-7-10-13-11-8-9-12(3)5-2/h5,9,13H,2,4,6-8,10-11H2,1,3H3/b12-9-. The van der Waals surface area contributed by atoms with Gasteiger partial charge in [0.1, 0.15) is 0 Å². The topological polar surface area (TPSA) is 12.0 Å². The Morgan fingerprint density at radius 2 is 2.08 bits per heavy atom. The first-order valence-electron chi connectivity index (χ1n) is 5.31. The second-order valence-electron chi connectivity index (χ2n) is 3.40. The molecule has 0 saturated heterocycles. The predicted molar refractivity (Wildman–Crippen MR) is 61.0 cm³/mol. The molecular formula is C12H23N. The summed E-state index contributed by atoms with van der Waals surface area (Å²) in [5, 5.41) is 3.42. The van der Waals surface area contributed by atoms with Crippen molar-refractivity contribution in [3.8, 4) is 0 Å². The second-order valence-corrected chi connectivity index (χ2v) is 3.40. The minimum absolute atomic E-state index is 1.09. The average Bonchev–Trinajstić information content (AvgIpc) is 2.16. The molecule has 0 fully saturated rings. The molecule has 0 bridgehead atoms. The van der Waals surface area contributed by atoms with Gasteiger partial charge in [0.25, 0.3) is 0 Å². The van der Waals surface area contributed by atoms with Crippen LogP contribution in [0.2, 0.25) is 0 Å². The minimum atomic E-state index is 1.09. The van der Waals surface area contributed by atoms with Gasteiger partial charge in [-0.2, -0.15) is 0 Å². The summed E-state index contributed by atoms with van der Waals surface area (Å²) in [6.45, 7) is 10.3. The Bertz CT molecular complexity index is 147. The molecule has 13 heavy (non-hydrogen) atoms. The van der Waals surface area contributed by atoms with Crippen molar-refractivity contribution in [3.63, 3.8) is 0 Å². The lowest BCUT2D eigenvalue weighted by Crippen LogP contribution is -2.15. The Hall–Kier alpha value is -0.560. The van der Waals surface area contributed by atoms with E-state index in [2.05, 4.69) is 31.8 Å². The van der Waals surface area contributed by atoms with Crippen LogP contribution in [-0.4, -0.2) is 13.1 Å². The highest BCUT2D eigenvalue weighted by molar-refractivity contribution is 5.12. The van der Waals surface area contributed by atoms with Crippen LogP contribution in [0.25, 0.3) is 0 Å². The van der Waals surface area contributed by atoms with Gasteiger partial charge in [0.2, 0.25) is 0 Å². The van der Waals surface area contributed by atoms with Crippen LogP contribution in [0.15, 0.2) is 24.3 Å². The third-order valence-corrected chi connectivity index (χ3v) is 2.07. The van der Waals surface area contributed by atoms with Crippen molar-refractivity contribution in [1.82, 2.24) is 5.32 Å². The normalized spacial score (nSPS) is 11.7. The van der Waals surface area contributed by atoms with Crippen LogP contribution < -0.4 is 5.32 Å². The summed E-state index contributed by atoms with van der Waals surface area (Å²) >= 11 is 0. The van der Waals surface area contributed by atoms with Gasteiger partial charge in [-0.15, -0.1) is 0 Å². The molecule has 0 aromatic rings. The van der Waals surface area contributed by atoms with Gasteiger partial charge in [0.05, 0.1) is 0 Å². The van der Waals surface area contributed by atoms with E-state index in [4.69, 9.17) is 0 Å². The molecule has 0 aromatic heterocycles. The van der Waals surface area contributed by atoms with Crippen molar-refractivity contribution in [1.29, 1.82) is 0 Å². The highest BCUT2D eigenvalue weighted by atomic mass is 14.8. The van der Waals surface area contributed by atoms with Crippen molar-refractivity contribution < 1.29 is 0 Å². The molecule has 0 aromatic carbocycles. The summed E-state index contributed by atoms with van der Waals surface area (Å²) < 4.78 is 0. The molecule has 0 heterocycles. The molecule has 0 unspecified atom stereocenters. The van der Waals surface area contributed by atoms with Gasteiger partial charge in [-0.1, -0.05) is 44.1 Å². The number of rotatable bonds is 8. The zero-order valence-corrected chi connectivity index (χ0v) is 9.10. The molecule has 76 valence electrons. The molecule has 0 spiro atoms. The van der Waals surface area contributed by atoms with Gasteiger partial charge in [-0.3, -0.25) is 0 Å². The number of allylic oxidation sites excluding steroid dienone is 2. The molecule has 0 radical (unpaired) electrons. The van der Waals surface area contributed by atoms with E-state index in [-0.39, 0.29) is 0 Å². The first-order chi connectivity index (χ1) is 6.31. The average molecular weight is 181 g/mol. The van der Waals surface area contributed by atoms with Crippen molar-refractivity contribution in [2.24, 2.45) is 0 Å². The SMILES string of the molecule is C=C/C(C)=C\CCNCCCCC. The van der Waals surface area contributed by atoms with Crippen molar-refractivity contribution in [2.75, 3.05) is 13.1 Å². The van der Waals surface area contributed by atoms with E-state index in [1.165, 1.54) is 24.8 Å². The Morgan fingerprint density at radius 3 is 2.69 bits per heavy atom. The summed E-state index contributed by atoms with van der Waals surface area (Å²) in [4.78, 5) is 0. The van der Waals surface area contributed by atoms with Crippen LogP contribution in [0.5, 0.6) is 0 Å². The number of unbranched alkanes of at least 4 members (excludes halogenated alkanes) is 2. The third-order valence-electron chi connectivity index (χ3n) is 2.07. The van der Waals surface area contributed by atoms with E-state index < -0.39 is 0 Å². The summed E-state index contributed by atoms with van der Waals surface area (Å²) in [6, 6.07) is 0. The maximum absolute atomic E-state index is 3.71. The molecule has 0 saturated carbocycles.